The normalized spacial score (nSPS) is 13.8. The van der Waals surface area contributed by atoms with Crippen molar-refractivity contribution in [1.82, 2.24) is 10.6 Å². The maximum absolute atomic E-state index is 11.2. The Morgan fingerprint density at radius 3 is 2.86 bits per heavy atom. The number of hydrogen-bond acceptors (Lipinski definition) is 6. The van der Waals surface area contributed by atoms with Crippen LogP contribution in [0.4, 0.5) is 0 Å². The summed E-state index contributed by atoms with van der Waals surface area (Å²) >= 11 is 0. The predicted octanol–water partition coefficient (Wildman–Crippen LogP) is 1.11. The molecule has 1 aliphatic rings. The number of carbonyl (C=O) groups is 1. The van der Waals surface area contributed by atoms with Crippen molar-refractivity contribution in [3.05, 3.63) is 29.8 Å². The van der Waals surface area contributed by atoms with Gasteiger partial charge in [0.15, 0.2) is 12.6 Å². The minimum absolute atomic E-state index is 0.0553. The average Bonchev–Trinajstić information content (AvgIpc) is 2.55. The van der Waals surface area contributed by atoms with Crippen LogP contribution in [0.15, 0.2) is 29.3 Å². The van der Waals surface area contributed by atoms with Crippen molar-refractivity contribution in [2.45, 2.75) is 19.8 Å². The molecule has 6 heteroatoms. The van der Waals surface area contributed by atoms with Crippen LogP contribution in [0.3, 0.4) is 0 Å². The Hall–Kier alpha value is -2.24. The van der Waals surface area contributed by atoms with E-state index >= 15 is 0 Å². The molecule has 0 saturated carbocycles. The number of nitrogens with zero attached hydrogens (tertiary/aromatic N) is 1. The zero-order valence-electron chi connectivity index (χ0n) is 12.9. The summed E-state index contributed by atoms with van der Waals surface area (Å²) < 4.78 is 10.2. The van der Waals surface area contributed by atoms with Gasteiger partial charge in [-0.1, -0.05) is 12.1 Å². The SMILES string of the molecule is CCOC(=O)COc1ccc(CCNC2=NCCCN2)cc1. The summed E-state index contributed by atoms with van der Waals surface area (Å²) in [7, 11) is 0. The molecule has 0 fully saturated rings. The summed E-state index contributed by atoms with van der Waals surface area (Å²) in [5.41, 5.74) is 1.20. The van der Waals surface area contributed by atoms with Crippen molar-refractivity contribution in [3.8, 4) is 5.75 Å². The molecule has 6 nitrogen and oxygen atoms in total. The maximum atomic E-state index is 11.2. The first kappa shape index (κ1) is 16.1. The van der Waals surface area contributed by atoms with Gasteiger partial charge in [-0.05, 0) is 37.5 Å². The van der Waals surface area contributed by atoms with Gasteiger partial charge < -0.3 is 20.1 Å². The van der Waals surface area contributed by atoms with Crippen LogP contribution in [-0.4, -0.2) is 44.8 Å². The lowest BCUT2D eigenvalue weighted by molar-refractivity contribution is -0.145. The van der Waals surface area contributed by atoms with Crippen molar-refractivity contribution in [1.29, 1.82) is 0 Å². The monoisotopic (exact) mass is 305 g/mol. The number of carbonyl (C=O) groups excluding carboxylic acids is 1. The van der Waals surface area contributed by atoms with Crippen LogP contribution in [0, 0.1) is 0 Å². The molecular weight excluding hydrogens is 282 g/mol. The Kier molecular flexibility index (Phi) is 6.54. The molecule has 0 unspecified atom stereocenters. The smallest absolute Gasteiger partial charge is 0.344 e. The summed E-state index contributed by atoms with van der Waals surface area (Å²) in [5.74, 6) is 1.21. The largest absolute Gasteiger partial charge is 0.482 e. The lowest BCUT2D eigenvalue weighted by atomic mass is 10.1. The molecule has 0 saturated heterocycles. The maximum Gasteiger partial charge on any atom is 0.344 e. The first-order valence-electron chi connectivity index (χ1n) is 7.67. The van der Waals surface area contributed by atoms with Gasteiger partial charge in [0, 0.05) is 19.6 Å². The summed E-state index contributed by atoms with van der Waals surface area (Å²) in [6, 6.07) is 7.73. The number of rotatable bonds is 7. The van der Waals surface area contributed by atoms with Gasteiger partial charge in [-0.25, -0.2) is 4.79 Å². The fraction of sp³-hybridized carbons (Fsp3) is 0.500. The van der Waals surface area contributed by atoms with Crippen molar-refractivity contribution in [2.24, 2.45) is 4.99 Å². The molecule has 1 aliphatic heterocycles. The third-order valence-electron chi connectivity index (χ3n) is 3.19. The lowest BCUT2D eigenvalue weighted by Crippen LogP contribution is -2.41. The van der Waals surface area contributed by atoms with Crippen molar-refractivity contribution >= 4 is 11.9 Å². The van der Waals surface area contributed by atoms with E-state index in [0.29, 0.717) is 12.4 Å². The second kappa shape index (κ2) is 8.92. The summed E-state index contributed by atoms with van der Waals surface area (Å²) in [5, 5.41) is 6.51. The van der Waals surface area contributed by atoms with E-state index in [1.165, 1.54) is 5.56 Å². The van der Waals surface area contributed by atoms with Gasteiger partial charge in [-0.15, -0.1) is 0 Å². The molecule has 1 aromatic rings. The fourth-order valence-electron chi connectivity index (χ4n) is 2.07. The molecule has 0 aromatic heterocycles. The van der Waals surface area contributed by atoms with Gasteiger partial charge in [0.25, 0.3) is 0 Å². The van der Waals surface area contributed by atoms with Crippen LogP contribution in [0.2, 0.25) is 0 Å². The molecule has 0 radical (unpaired) electrons. The van der Waals surface area contributed by atoms with Crippen LogP contribution in [0.1, 0.15) is 18.9 Å². The minimum Gasteiger partial charge on any atom is -0.482 e. The summed E-state index contributed by atoms with van der Waals surface area (Å²) in [6.45, 7) is 4.79. The van der Waals surface area contributed by atoms with Crippen LogP contribution < -0.4 is 15.4 Å². The Bertz CT molecular complexity index is 500. The number of benzene rings is 1. The standard InChI is InChI=1S/C16H23N3O3/c1-2-21-15(20)12-22-14-6-4-13(5-7-14)8-11-19-16-17-9-3-10-18-16/h4-7H,2-3,8-12H2,1H3,(H2,17,18,19). The Balaban J connectivity index is 1.69. The van der Waals surface area contributed by atoms with Gasteiger partial charge in [0.05, 0.1) is 6.61 Å². The van der Waals surface area contributed by atoms with Gasteiger partial charge in [-0.2, -0.15) is 0 Å². The Morgan fingerprint density at radius 1 is 1.36 bits per heavy atom. The molecule has 0 bridgehead atoms. The zero-order valence-corrected chi connectivity index (χ0v) is 12.9. The van der Waals surface area contributed by atoms with E-state index in [1.807, 2.05) is 24.3 Å². The topological polar surface area (TPSA) is 72.0 Å². The van der Waals surface area contributed by atoms with E-state index in [0.717, 1.165) is 38.4 Å². The molecule has 0 spiro atoms. The molecule has 0 aliphatic carbocycles. The van der Waals surface area contributed by atoms with Crippen LogP contribution in [0.5, 0.6) is 5.75 Å². The minimum atomic E-state index is -0.350. The van der Waals surface area contributed by atoms with E-state index in [2.05, 4.69) is 15.6 Å². The quantitative estimate of drug-likeness (QED) is 0.738. The molecule has 1 heterocycles. The van der Waals surface area contributed by atoms with Gasteiger partial charge in [0.2, 0.25) is 0 Å². The zero-order chi connectivity index (χ0) is 15.6. The van der Waals surface area contributed by atoms with Crippen LogP contribution in [0.25, 0.3) is 0 Å². The van der Waals surface area contributed by atoms with Crippen LogP contribution >= 0.6 is 0 Å². The second-order valence-electron chi connectivity index (χ2n) is 4.93. The summed E-state index contributed by atoms with van der Waals surface area (Å²) in [6.07, 6.45) is 2.00. The lowest BCUT2D eigenvalue weighted by Gasteiger charge is -2.15. The van der Waals surface area contributed by atoms with Crippen LogP contribution in [-0.2, 0) is 16.0 Å². The highest BCUT2D eigenvalue weighted by Crippen LogP contribution is 2.12. The molecule has 1 aromatic carbocycles. The number of hydrogen-bond donors (Lipinski definition) is 2. The highest BCUT2D eigenvalue weighted by Gasteiger charge is 2.04. The van der Waals surface area contributed by atoms with E-state index in [-0.39, 0.29) is 12.6 Å². The van der Waals surface area contributed by atoms with Crippen molar-refractivity contribution in [3.63, 3.8) is 0 Å². The number of aliphatic imine (C=N–C) groups is 1. The van der Waals surface area contributed by atoms with Gasteiger partial charge in [0.1, 0.15) is 5.75 Å². The third-order valence-corrected chi connectivity index (χ3v) is 3.19. The van der Waals surface area contributed by atoms with Gasteiger partial charge in [-0.3, -0.25) is 4.99 Å². The number of guanidine groups is 1. The first-order valence-corrected chi connectivity index (χ1v) is 7.67. The number of esters is 1. The first-order chi connectivity index (χ1) is 10.8. The predicted molar refractivity (Wildman–Crippen MR) is 85.2 cm³/mol. The molecular formula is C16H23N3O3. The molecule has 22 heavy (non-hydrogen) atoms. The highest BCUT2D eigenvalue weighted by molar-refractivity contribution is 5.80. The van der Waals surface area contributed by atoms with Crippen molar-refractivity contribution < 1.29 is 14.3 Å². The molecule has 0 amide bonds. The molecule has 120 valence electrons. The second-order valence-corrected chi connectivity index (χ2v) is 4.93. The van der Waals surface area contributed by atoms with E-state index in [1.54, 1.807) is 6.92 Å². The van der Waals surface area contributed by atoms with E-state index in [9.17, 15) is 4.79 Å². The Morgan fingerprint density at radius 2 is 2.18 bits per heavy atom. The molecule has 2 rings (SSSR count). The molecule has 0 atom stereocenters. The summed E-state index contributed by atoms with van der Waals surface area (Å²) in [4.78, 5) is 15.6. The van der Waals surface area contributed by atoms with E-state index in [4.69, 9.17) is 9.47 Å². The van der Waals surface area contributed by atoms with E-state index < -0.39 is 0 Å². The fourth-order valence-corrected chi connectivity index (χ4v) is 2.07. The van der Waals surface area contributed by atoms with Crippen molar-refractivity contribution in [2.75, 3.05) is 32.8 Å². The Labute approximate surface area is 130 Å². The average molecular weight is 305 g/mol. The third kappa shape index (κ3) is 5.63. The number of ether oxygens (including phenoxy) is 2. The highest BCUT2D eigenvalue weighted by atomic mass is 16.6. The number of nitrogens with one attached hydrogen (secondary N) is 2. The molecule has 2 N–H and O–H groups in total. The van der Waals surface area contributed by atoms with Gasteiger partial charge >= 0.3 is 5.97 Å².